The number of ether oxygens (including phenoxy) is 1. The van der Waals surface area contributed by atoms with Crippen molar-refractivity contribution in [3.63, 3.8) is 0 Å². The molecule has 0 aliphatic heterocycles. The van der Waals surface area contributed by atoms with E-state index in [2.05, 4.69) is 5.32 Å². The van der Waals surface area contributed by atoms with E-state index in [4.69, 9.17) is 10.5 Å². The van der Waals surface area contributed by atoms with Crippen LogP contribution in [0.4, 0.5) is 10.7 Å². The number of nitrogen functional groups attached to an aromatic ring is 1. The third-order valence-electron chi connectivity index (χ3n) is 2.92. The number of hydrogen-bond acceptors (Lipinski definition) is 6. The molecule has 1 atom stereocenters. The lowest BCUT2D eigenvalue weighted by atomic mass is 10.2. The fourth-order valence-corrected chi connectivity index (χ4v) is 2.78. The Morgan fingerprint density at radius 1 is 1.45 bits per heavy atom. The molecule has 1 aromatic rings. The number of rotatable bonds is 5. The first kappa shape index (κ1) is 16.3. The number of hydrogen-bond donors (Lipinski definition) is 2. The first-order valence-electron chi connectivity index (χ1n) is 6.32. The topological polar surface area (TPSA) is 84.7 Å². The van der Waals surface area contributed by atoms with Crippen LogP contribution in [0.25, 0.3) is 0 Å². The van der Waals surface area contributed by atoms with Gasteiger partial charge in [-0.05, 0) is 13.3 Å². The summed E-state index contributed by atoms with van der Waals surface area (Å²) in [6.07, 6.45) is 0.884. The van der Waals surface area contributed by atoms with Crippen LogP contribution in [0, 0.1) is 0 Å². The molecule has 0 saturated heterocycles. The number of nitrogens with zero attached hydrogens (tertiary/aromatic N) is 1. The standard InChI is InChI=1S/C13H21N3O3S/c1-6-7(2)15-11-8(13(18)19-5)9(14)10(20-11)12(17)16(3)4/h7,15H,6,14H2,1-5H3. The molecule has 1 amide bonds. The molecule has 112 valence electrons. The van der Waals surface area contributed by atoms with E-state index in [-0.39, 0.29) is 23.2 Å². The highest BCUT2D eigenvalue weighted by atomic mass is 32.1. The second-order valence-corrected chi connectivity index (χ2v) is 5.71. The summed E-state index contributed by atoms with van der Waals surface area (Å²) in [7, 11) is 4.57. The summed E-state index contributed by atoms with van der Waals surface area (Å²) in [6, 6.07) is 0.166. The molecule has 0 bridgehead atoms. The van der Waals surface area contributed by atoms with Crippen LogP contribution in [0.15, 0.2) is 0 Å². The maximum atomic E-state index is 12.1. The number of nitrogens with two attached hydrogens (primary N) is 1. The molecule has 7 heteroatoms. The van der Waals surface area contributed by atoms with Crippen molar-refractivity contribution in [1.29, 1.82) is 0 Å². The van der Waals surface area contributed by atoms with Gasteiger partial charge in [0, 0.05) is 20.1 Å². The Kier molecular flexibility index (Phi) is 5.38. The highest BCUT2D eigenvalue weighted by molar-refractivity contribution is 7.19. The molecule has 1 rings (SSSR count). The van der Waals surface area contributed by atoms with Crippen molar-refractivity contribution in [3.05, 3.63) is 10.4 Å². The zero-order valence-corrected chi connectivity index (χ0v) is 13.3. The second-order valence-electron chi connectivity index (χ2n) is 4.69. The average molecular weight is 299 g/mol. The van der Waals surface area contributed by atoms with Gasteiger partial charge >= 0.3 is 5.97 Å². The Bertz CT molecular complexity index is 511. The van der Waals surface area contributed by atoms with E-state index in [1.54, 1.807) is 14.1 Å². The van der Waals surface area contributed by atoms with Gasteiger partial charge in [-0.15, -0.1) is 11.3 Å². The lowest BCUT2D eigenvalue weighted by Gasteiger charge is -2.12. The summed E-state index contributed by atoms with van der Waals surface area (Å²) in [5.74, 6) is -0.766. The highest BCUT2D eigenvalue weighted by Crippen LogP contribution is 2.37. The van der Waals surface area contributed by atoms with Crippen LogP contribution in [0.2, 0.25) is 0 Å². The smallest absolute Gasteiger partial charge is 0.343 e. The maximum absolute atomic E-state index is 12.1. The van der Waals surface area contributed by atoms with Gasteiger partial charge in [-0.25, -0.2) is 4.79 Å². The number of carbonyl (C=O) groups is 2. The Labute approximate surface area is 122 Å². The number of esters is 1. The van der Waals surface area contributed by atoms with Crippen molar-refractivity contribution in [2.45, 2.75) is 26.3 Å². The van der Waals surface area contributed by atoms with Gasteiger partial charge in [0.05, 0.1) is 12.8 Å². The van der Waals surface area contributed by atoms with Gasteiger partial charge in [-0.2, -0.15) is 0 Å². The molecule has 3 N–H and O–H groups in total. The van der Waals surface area contributed by atoms with Gasteiger partial charge in [-0.3, -0.25) is 4.79 Å². The maximum Gasteiger partial charge on any atom is 0.343 e. The van der Waals surface area contributed by atoms with E-state index in [0.717, 1.165) is 6.42 Å². The summed E-state index contributed by atoms with van der Waals surface area (Å²) in [5.41, 5.74) is 6.37. The summed E-state index contributed by atoms with van der Waals surface area (Å²) in [6.45, 7) is 4.02. The Morgan fingerprint density at radius 2 is 2.05 bits per heavy atom. The molecule has 0 fully saturated rings. The van der Waals surface area contributed by atoms with Crippen molar-refractivity contribution in [2.75, 3.05) is 32.3 Å². The van der Waals surface area contributed by atoms with E-state index < -0.39 is 5.97 Å². The first-order chi connectivity index (χ1) is 9.33. The quantitative estimate of drug-likeness (QED) is 0.813. The van der Waals surface area contributed by atoms with E-state index in [9.17, 15) is 9.59 Å². The van der Waals surface area contributed by atoms with Crippen molar-refractivity contribution in [1.82, 2.24) is 4.90 Å². The fourth-order valence-electron chi connectivity index (χ4n) is 1.54. The molecule has 0 aliphatic carbocycles. The number of carbonyl (C=O) groups excluding carboxylic acids is 2. The zero-order chi connectivity index (χ0) is 15.4. The molecule has 0 aliphatic rings. The summed E-state index contributed by atoms with van der Waals surface area (Å²) < 4.78 is 4.75. The van der Waals surface area contributed by atoms with Gasteiger partial charge in [0.15, 0.2) is 0 Å². The molecular weight excluding hydrogens is 278 g/mol. The van der Waals surface area contributed by atoms with Gasteiger partial charge < -0.3 is 20.7 Å². The molecule has 6 nitrogen and oxygen atoms in total. The number of methoxy groups -OCH3 is 1. The Morgan fingerprint density at radius 3 is 2.50 bits per heavy atom. The lowest BCUT2D eigenvalue weighted by molar-refractivity contribution is 0.0603. The second kappa shape index (κ2) is 6.60. The van der Waals surface area contributed by atoms with Gasteiger partial charge in [-0.1, -0.05) is 6.92 Å². The normalized spacial score (nSPS) is 11.8. The molecule has 0 aromatic carbocycles. The van der Waals surface area contributed by atoms with Crippen LogP contribution in [0.1, 0.15) is 40.3 Å². The predicted octanol–water partition coefficient (Wildman–Crippen LogP) is 2.03. The van der Waals surface area contributed by atoms with E-state index in [0.29, 0.717) is 9.88 Å². The third-order valence-corrected chi connectivity index (χ3v) is 4.05. The minimum Gasteiger partial charge on any atom is -0.465 e. The summed E-state index contributed by atoms with van der Waals surface area (Å²) >= 11 is 1.18. The average Bonchev–Trinajstić information content (AvgIpc) is 2.73. The fraction of sp³-hybridized carbons (Fsp3) is 0.538. The van der Waals surface area contributed by atoms with Crippen molar-refractivity contribution in [2.24, 2.45) is 0 Å². The molecule has 0 saturated carbocycles. The van der Waals surface area contributed by atoms with Crippen LogP contribution in [-0.2, 0) is 4.74 Å². The van der Waals surface area contributed by atoms with Gasteiger partial charge in [0.25, 0.3) is 5.91 Å². The number of amides is 1. The third kappa shape index (κ3) is 3.22. The van der Waals surface area contributed by atoms with Crippen LogP contribution >= 0.6 is 11.3 Å². The van der Waals surface area contributed by atoms with Gasteiger partial charge in [0.1, 0.15) is 15.4 Å². The van der Waals surface area contributed by atoms with Crippen LogP contribution in [0.3, 0.4) is 0 Å². The lowest BCUT2D eigenvalue weighted by Crippen LogP contribution is -2.21. The number of thiophene rings is 1. The van der Waals surface area contributed by atoms with Crippen LogP contribution in [-0.4, -0.2) is 44.0 Å². The molecule has 1 heterocycles. The van der Waals surface area contributed by atoms with Crippen molar-refractivity contribution < 1.29 is 14.3 Å². The zero-order valence-electron chi connectivity index (χ0n) is 12.4. The Hall–Kier alpha value is -1.76. The molecule has 0 radical (unpaired) electrons. The highest BCUT2D eigenvalue weighted by Gasteiger charge is 2.27. The van der Waals surface area contributed by atoms with E-state index in [1.165, 1.54) is 23.3 Å². The molecule has 20 heavy (non-hydrogen) atoms. The molecule has 0 spiro atoms. The number of anilines is 2. The van der Waals surface area contributed by atoms with Crippen molar-refractivity contribution >= 4 is 33.9 Å². The minimum absolute atomic E-state index is 0.166. The van der Waals surface area contributed by atoms with Crippen LogP contribution in [0.5, 0.6) is 0 Å². The van der Waals surface area contributed by atoms with E-state index >= 15 is 0 Å². The molecular formula is C13H21N3O3S. The predicted molar refractivity (Wildman–Crippen MR) is 81.5 cm³/mol. The summed E-state index contributed by atoms with van der Waals surface area (Å²) in [4.78, 5) is 25.7. The largest absolute Gasteiger partial charge is 0.465 e. The molecule has 1 aromatic heterocycles. The SMILES string of the molecule is CCC(C)Nc1sc(C(=O)N(C)C)c(N)c1C(=O)OC. The summed E-state index contributed by atoms with van der Waals surface area (Å²) in [5, 5.41) is 3.78. The van der Waals surface area contributed by atoms with E-state index in [1.807, 2.05) is 13.8 Å². The van der Waals surface area contributed by atoms with Gasteiger partial charge in [0.2, 0.25) is 0 Å². The number of nitrogens with one attached hydrogen (secondary N) is 1. The van der Waals surface area contributed by atoms with Crippen LogP contribution < -0.4 is 11.1 Å². The minimum atomic E-state index is -0.539. The van der Waals surface area contributed by atoms with Crippen molar-refractivity contribution in [3.8, 4) is 0 Å². The molecule has 1 unspecified atom stereocenters. The monoisotopic (exact) mass is 299 g/mol. The first-order valence-corrected chi connectivity index (χ1v) is 7.13. The Balaban J connectivity index is 3.31.